The van der Waals surface area contributed by atoms with Crippen LogP contribution >= 0.6 is 0 Å². The van der Waals surface area contributed by atoms with E-state index < -0.39 is 6.04 Å². The van der Waals surface area contributed by atoms with Gasteiger partial charge in [-0.2, -0.15) is 0 Å². The fourth-order valence-electron chi connectivity index (χ4n) is 4.27. The second kappa shape index (κ2) is 9.69. The quantitative estimate of drug-likeness (QED) is 0.427. The summed E-state index contributed by atoms with van der Waals surface area (Å²) in [7, 11) is 0. The first-order valence-corrected chi connectivity index (χ1v) is 11.7. The number of nitrogens with zero attached hydrogens (tertiary/aromatic N) is 1. The molecule has 0 aliphatic carbocycles. The zero-order valence-electron chi connectivity index (χ0n) is 19.7. The van der Waals surface area contributed by atoms with Gasteiger partial charge in [0.15, 0.2) is 16.9 Å². The highest BCUT2D eigenvalue weighted by atomic mass is 16.5. The van der Waals surface area contributed by atoms with Gasteiger partial charge in [-0.15, -0.1) is 0 Å². The summed E-state index contributed by atoms with van der Waals surface area (Å²) in [5.41, 5.74) is 1.45. The lowest BCUT2D eigenvalue weighted by Crippen LogP contribution is -2.30. The molecule has 1 aromatic heterocycles. The van der Waals surface area contributed by atoms with Crippen LogP contribution in [0.1, 0.15) is 68.3 Å². The molecule has 0 N–H and O–H groups in total. The molecule has 1 amide bonds. The largest absolute Gasteiger partial charge is 0.490 e. The van der Waals surface area contributed by atoms with E-state index in [-0.39, 0.29) is 17.1 Å². The zero-order valence-corrected chi connectivity index (χ0v) is 19.7. The van der Waals surface area contributed by atoms with Crippen LogP contribution < -0.4 is 14.9 Å². The molecule has 0 unspecified atom stereocenters. The molecule has 0 fully saturated rings. The monoisotopic (exact) mass is 449 g/mol. The van der Waals surface area contributed by atoms with Crippen molar-refractivity contribution in [2.75, 3.05) is 19.8 Å². The van der Waals surface area contributed by atoms with Crippen molar-refractivity contribution in [3.05, 3.63) is 69.6 Å². The molecule has 1 aliphatic heterocycles. The van der Waals surface area contributed by atoms with Crippen LogP contribution in [0.15, 0.2) is 51.7 Å². The zero-order chi connectivity index (χ0) is 23.5. The Kier molecular flexibility index (Phi) is 6.72. The molecule has 1 aliphatic rings. The SMILES string of the molecule is CCCN1C(=O)c2oc3ccccc3c(=O)c2[C@@H]1c1ccc(OCCC(C)C)c(OCC)c1. The predicted molar refractivity (Wildman–Crippen MR) is 128 cm³/mol. The van der Waals surface area contributed by atoms with Crippen molar-refractivity contribution in [3.63, 3.8) is 0 Å². The minimum absolute atomic E-state index is 0.132. The normalized spacial score (nSPS) is 15.4. The van der Waals surface area contributed by atoms with E-state index in [9.17, 15) is 9.59 Å². The van der Waals surface area contributed by atoms with Gasteiger partial charge in [-0.25, -0.2) is 0 Å². The van der Waals surface area contributed by atoms with Gasteiger partial charge in [0.2, 0.25) is 5.76 Å². The number of amides is 1. The Morgan fingerprint density at radius 3 is 2.55 bits per heavy atom. The number of carbonyl (C=O) groups excluding carboxylic acids is 1. The smallest absolute Gasteiger partial charge is 0.290 e. The van der Waals surface area contributed by atoms with Gasteiger partial charge >= 0.3 is 0 Å². The van der Waals surface area contributed by atoms with E-state index in [4.69, 9.17) is 13.9 Å². The van der Waals surface area contributed by atoms with Gasteiger partial charge in [0.25, 0.3) is 5.91 Å². The van der Waals surface area contributed by atoms with Gasteiger partial charge in [0.05, 0.1) is 30.2 Å². The second-order valence-corrected chi connectivity index (χ2v) is 8.74. The summed E-state index contributed by atoms with van der Waals surface area (Å²) in [5, 5.41) is 0.478. The van der Waals surface area contributed by atoms with Gasteiger partial charge < -0.3 is 18.8 Å². The predicted octanol–water partition coefficient (Wildman–Crippen LogP) is 5.57. The van der Waals surface area contributed by atoms with Crippen LogP contribution in [-0.4, -0.2) is 30.6 Å². The topological polar surface area (TPSA) is 69.0 Å². The molecule has 1 atom stereocenters. The van der Waals surface area contributed by atoms with Gasteiger partial charge in [0.1, 0.15) is 5.58 Å². The minimum atomic E-state index is -0.530. The maximum atomic E-state index is 13.5. The summed E-state index contributed by atoms with van der Waals surface area (Å²) in [5.74, 6) is 1.69. The lowest BCUT2D eigenvalue weighted by molar-refractivity contribution is 0.0728. The second-order valence-electron chi connectivity index (χ2n) is 8.74. The Morgan fingerprint density at radius 2 is 1.82 bits per heavy atom. The molecule has 0 spiro atoms. The van der Waals surface area contributed by atoms with E-state index in [0.717, 1.165) is 18.4 Å². The molecule has 33 heavy (non-hydrogen) atoms. The molecule has 2 aromatic carbocycles. The van der Waals surface area contributed by atoms with E-state index >= 15 is 0 Å². The molecule has 0 saturated carbocycles. The Morgan fingerprint density at radius 1 is 1.03 bits per heavy atom. The Labute approximate surface area is 194 Å². The average molecular weight is 450 g/mol. The van der Waals surface area contributed by atoms with Crippen molar-refractivity contribution in [1.29, 1.82) is 0 Å². The summed E-state index contributed by atoms with van der Waals surface area (Å²) >= 11 is 0. The minimum Gasteiger partial charge on any atom is -0.490 e. The van der Waals surface area contributed by atoms with Gasteiger partial charge in [-0.05, 0) is 55.5 Å². The lowest BCUT2D eigenvalue weighted by Gasteiger charge is -2.25. The molecule has 3 aromatic rings. The summed E-state index contributed by atoms with van der Waals surface area (Å²) in [4.78, 5) is 28.5. The van der Waals surface area contributed by atoms with Crippen molar-refractivity contribution >= 4 is 16.9 Å². The molecule has 0 saturated heterocycles. The Hall–Kier alpha value is -3.28. The standard InChI is InChI=1S/C27H31NO5/c1-5-14-28-24(18-11-12-21(22(16-18)31-6-2)32-15-13-17(3)4)23-25(29)19-9-7-8-10-20(19)33-26(23)27(28)30/h7-12,16-17,24H,5-6,13-15H2,1-4H3/t24-/m0/s1. The van der Waals surface area contributed by atoms with Crippen LogP contribution in [0, 0.1) is 5.92 Å². The van der Waals surface area contributed by atoms with Crippen LogP contribution in [0.2, 0.25) is 0 Å². The number of fused-ring (bicyclic) bond motifs is 2. The Balaban J connectivity index is 1.82. The molecule has 0 bridgehead atoms. The Bertz CT molecular complexity index is 1210. The molecule has 6 heteroatoms. The molecular formula is C27H31NO5. The highest BCUT2D eigenvalue weighted by molar-refractivity contribution is 5.99. The van der Waals surface area contributed by atoms with Crippen LogP contribution in [0.5, 0.6) is 11.5 Å². The van der Waals surface area contributed by atoms with E-state index in [2.05, 4.69) is 13.8 Å². The summed E-state index contributed by atoms with van der Waals surface area (Å²) in [6.07, 6.45) is 1.70. The maximum absolute atomic E-state index is 13.5. The van der Waals surface area contributed by atoms with Crippen molar-refractivity contribution in [2.45, 2.75) is 46.6 Å². The molecule has 6 nitrogen and oxygen atoms in total. The first-order chi connectivity index (χ1) is 16.0. The van der Waals surface area contributed by atoms with E-state index in [1.165, 1.54) is 0 Å². The number of rotatable bonds is 9. The third-order valence-electron chi connectivity index (χ3n) is 5.87. The lowest BCUT2D eigenvalue weighted by atomic mass is 9.98. The highest BCUT2D eigenvalue weighted by Gasteiger charge is 2.42. The fraction of sp³-hybridized carbons (Fsp3) is 0.407. The molecule has 2 heterocycles. The first-order valence-electron chi connectivity index (χ1n) is 11.7. The maximum Gasteiger partial charge on any atom is 0.290 e. The summed E-state index contributed by atoms with van der Waals surface area (Å²) in [6, 6.07) is 12.2. The fourth-order valence-corrected chi connectivity index (χ4v) is 4.27. The third-order valence-corrected chi connectivity index (χ3v) is 5.87. The van der Waals surface area contributed by atoms with Gasteiger partial charge in [0, 0.05) is 6.54 Å². The van der Waals surface area contributed by atoms with E-state index in [1.54, 1.807) is 29.2 Å². The molecule has 0 radical (unpaired) electrons. The van der Waals surface area contributed by atoms with Gasteiger partial charge in [-0.1, -0.05) is 39.0 Å². The van der Waals surface area contributed by atoms with Crippen molar-refractivity contribution in [1.82, 2.24) is 4.90 Å². The summed E-state index contributed by atoms with van der Waals surface area (Å²) < 4.78 is 17.8. The van der Waals surface area contributed by atoms with E-state index in [1.807, 2.05) is 32.0 Å². The number of benzene rings is 2. The van der Waals surface area contributed by atoms with Crippen LogP contribution in [0.3, 0.4) is 0 Å². The highest BCUT2D eigenvalue weighted by Crippen LogP contribution is 2.41. The van der Waals surface area contributed by atoms with Gasteiger partial charge in [-0.3, -0.25) is 9.59 Å². The number of hydrogen-bond donors (Lipinski definition) is 0. The van der Waals surface area contributed by atoms with Crippen molar-refractivity contribution in [2.24, 2.45) is 5.92 Å². The molecule has 174 valence electrons. The van der Waals surface area contributed by atoms with Crippen molar-refractivity contribution in [3.8, 4) is 11.5 Å². The average Bonchev–Trinajstić information content (AvgIpc) is 3.07. The molecule has 4 rings (SSSR count). The third kappa shape index (κ3) is 4.34. The van der Waals surface area contributed by atoms with Crippen LogP contribution in [0.25, 0.3) is 11.0 Å². The number of hydrogen-bond acceptors (Lipinski definition) is 5. The van der Waals surface area contributed by atoms with Crippen molar-refractivity contribution < 1.29 is 18.7 Å². The number of para-hydroxylation sites is 1. The van der Waals surface area contributed by atoms with Crippen LogP contribution in [-0.2, 0) is 0 Å². The first kappa shape index (κ1) is 22.9. The van der Waals surface area contributed by atoms with Crippen LogP contribution in [0.4, 0.5) is 0 Å². The number of carbonyl (C=O) groups is 1. The molecular weight excluding hydrogens is 418 g/mol. The number of ether oxygens (including phenoxy) is 2. The van der Waals surface area contributed by atoms with E-state index in [0.29, 0.717) is 53.7 Å². The summed E-state index contributed by atoms with van der Waals surface area (Å²) in [6.45, 7) is 9.83.